The fourth-order valence-corrected chi connectivity index (χ4v) is 1.20. The van der Waals surface area contributed by atoms with Gasteiger partial charge in [-0.05, 0) is 12.7 Å². The molecule has 0 N–H and O–H groups in total. The molecule has 13 heavy (non-hydrogen) atoms. The molecule has 3 heteroatoms. The molecular formula is C10H14BN2. The van der Waals surface area contributed by atoms with Gasteiger partial charge in [-0.2, -0.15) is 0 Å². The Morgan fingerprint density at radius 2 is 2.38 bits per heavy atom. The molecule has 0 fully saturated rings. The van der Waals surface area contributed by atoms with E-state index in [2.05, 4.69) is 30.8 Å². The molecular weight excluding hydrogens is 159 g/mol. The van der Waals surface area contributed by atoms with E-state index in [0.29, 0.717) is 0 Å². The van der Waals surface area contributed by atoms with Crippen LogP contribution in [0.4, 0.5) is 0 Å². The first-order valence-corrected chi connectivity index (χ1v) is 4.56. The molecule has 2 nitrogen and oxygen atoms in total. The summed E-state index contributed by atoms with van der Waals surface area (Å²) in [6.07, 6.45) is 5.42. The topological polar surface area (TPSA) is 25.8 Å². The molecule has 1 aromatic rings. The van der Waals surface area contributed by atoms with Gasteiger partial charge in [-0.15, -0.1) is 0 Å². The Morgan fingerprint density at radius 3 is 2.92 bits per heavy atom. The highest BCUT2D eigenvalue weighted by Gasteiger charge is 2.01. The smallest absolute Gasteiger partial charge is 0.120 e. The van der Waals surface area contributed by atoms with Gasteiger partial charge in [0, 0.05) is 11.8 Å². The molecule has 0 aliphatic carbocycles. The molecule has 1 radical (unpaired) electrons. The summed E-state index contributed by atoms with van der Waals surface area (Å²) in [5.41, 5.74) is 2.13. The van der Waals surface area contributed by atoms with Crippen molar-refractivity contribution in [2.45, 2.75) is 26.5 Å². The van der Waals surface area contributed by atoms with E-state index < -0.39 is 0 Å². The van der Waals surface area contributed by atoms with Crippen LogP contribution in [0.1, 0.15) is 24.0 Å². The Bertz CT molecular complexity index is 297. The minimum absolute atomic E-state index is 0.838. The first-order chi connectivity index (χ1) is 6.31. The molecule has 1 aromatic heterocycles. The first-order valence-electron chi connectivity index (χ1n) is 4.56. The molecule has 0 saturated carbocycles. The number of nitrogens with zero attached hydrogens (tertiary/aromatic N) is 2. The zero-order valence-corrected chi connectivity index (χ0v) is 8.25. The van der Waals surface area contributed by atoms with Crippen LogP contribution in [0.15, 0.2) is 12.8 Å². The summed E-state index contributed by atoms with van der Waals surface area (Å²) < 4.78 is 0. The van der Waals surface area contributed by atoms with E-state index in [-0.39, 0.29) is 0 Å². The third-order valence-electron chi connectivity index (χ3n) is 1.89. The van der Waals surface area contributed by atoms with Crippen LogP contribution in [0.25, 0.3) is 6.08 Å². The Balaban J connectivity index is 2.98. The average molecular weight is 173 g/mol. The van der Waals surface area contributed by atoms with Gasteiger partial charge in [0.25, 0.3) is 0 Å². The largest absolute Gasteiger partial charge is 0.242 e. The Hall–Kier alpha value is -1.12. The van der Waals surface area contributed by atoms with Crippen molar-refractivity contribution in [1.29, 1.82) is 0 Å². The number of hydrogen-bond acceptors (Lipinski definition) is 2. The minimum Gasteiger partial charge on any atom is -0.242 e. The Labute approximate surface area is 80.4 Å². The van der Waals surface area contributed by atoms with E-state index in [0.717, 1.165) is 29.8 Å². The van der Waals surface area contributed by atoms with Crippen molar-refractivity contribution in [3.63, 3.8) is 0 Å². The molecule has 0 atom stereocenters. The predicted octanol–water partition coefficient (Wildman–Crippen LogP) is 1.93. The summed E-state index contributed by atoms with van der Waals surface area (Å²) in [5, 5.41) is 0. The summed E-state index contributed by atoms with van der Waals surface area (Å²) in [4.78, 5) is 8.67. The maximum absolute atomic E-state index is 4.44. The summed E-state index contributed by atoms with van der Waals surface area (Å²) in [6.45, 7) is 7.83. The molecule has 0 amide bonds. The van der Waals surface area contributed by atoms with Crippen LogP contribution in [0.3, 0.4) is 0 Å². The van der Waals surface area contributed by atoms with E-state index in [9.17, 15) is 0 Å². The Kier molecular flexibility index (Phi) is 3.68. The lowest BCUT2D eigenvalue weighted by atomic mass is 9.78. The van der Waals surface area contributed by atoms with Crippen molar-refractivity contribution in [2.24, 2.45) is 0 Å². The van der Waals surface area contributed by atoms with Crippen LogP contribution in [-0.2, 0) is 12.7 Å². The standard InChI is InChI=1S/C10H14BN2/c1-4-8-7-12-10(6-11-3)13-9(8)5-2/h4,7H,1,5-6H2,2-3H3. The molecule has 1 heterocycles. The summed E-state index contributed by atoms with van der Waals surface area (Å²) in [5.74, 6) is 0.893. The van der Waals surface area contributed by atoms with Crippen LogP contribution in [0, 0.1) is 0 Å². The second kappa shape index (κ2) is 4.80. The third kappa shape index (κ3) is 2.41. The molecule has 1 rings (SSSR count). The van der Waals surface area contributed by atoms with Crippen molar-refractivity contribution < 1.29 is 0 Å². The molecule has 67 valence electrons. The summed E-state index contributed by atoms with van der Waals surface area (Å²) in [6, 6.07) is 0. The molecule has 0 aliphatic heterocycles. The van der Waals surface area contributed by atoms with Crippen LogP contribution < -0.4 is 0 Å². The average Bonchev–Trinajstić information content (AvgIpc) is 2.18. The van der Waals surface area contributed by atoms with Crippen molar-refractivity contribution >= 4 is 13.4 Å². The SMILES string of the molecule is C=Cc1cnc(C[B]C)nc1CC. The lowest BCUT2D eigenvalue weighted by molar-refractivity contribution is 0.929. The van der Waals surface area contributed by atoms with Crippen molar-refractivity contribution in [2.75, 3.05) is 0 Å². The van der Waals surface area contributed by atoms with Gasteiger partial charge < -0.3 is 0 Å². The fraction of sp³-hybridized carbons (Fsp3) is 0.400. The molecule has 0 spiro atoms. The Morgan fingerprint density at radius 1 is 1.62 bits per heavy atom. The normalized spacial score (nSPS) is 9.69. The highest BCUT2D eigenvalue weighted by Crippen LogP contribution is 2.07. The second-order valence-corrected chi connectivity index (χ2v) is 2.86. The fourth-order valence-electron chi connectivity index (χ4n) is 1.20. The molecule has 0 aliphatic rings. The van der Waals surface area contributed by atoms with Gasteiger partial charge in [-0.25, -0.2) is 9.97 Å². The van der Waals surface area contributed by atoms with Crippen LogP contribution >= 0.6 is 0 Å². The highest BCUT2D eigenvalue weighted by atomic mass is 14.9. The number of aromatic nitrogens is 2. The van der Waals surface area contributed by atoms with Crippen molar-refractivity contribution in [1.82, 2.24) is 9.97 Å². The van der Waals surface area contributed by atoms with Crippen LogP contribution in [-0.4, -0.2) is 17.2 Å². The summed E-state index contributed by atoms with van der Waals surface area (Å²) in [7, 11) is 2.06. The number of rotatable bonds is 4. The van der Waals surface area contributed by atoms with Crippen LogP contribution in [0.5, 0.6) is 0 Å². The zero-order valence-electron chi connectivity index (χ0n) is 8.25. The van der Waals surface area contributed by atoms with Crippen molar-refractivity contribution in [3.8, 4) is 0 Å². The molecule has 0 aromatic carbocycles. The van der Waals surface area contributed by atoms with Crippen LogP contribution in [0.2, 0.25) is 6.82 Å². The van der Waals surface area contributed by atoms with E-state index >= 15 is 0 Å². The van der Waals surface area contributed by atoms with Gasteiger partial charge in [-0.3, -0.25) is 0 Å². The lowest BCUT2D eigenvalue weighted by Crippen LogP contribution is -2.03. The third-order valence-corrected chi connectivity index (χ3v) is 1.89. The zero-order chi connectivity index (χ0) is 9.68. The van der Waals surface area contributed by atoms with E-state index in [1.54, 1.807) is 6.08 Å². The minimum atomic E-state index is 0.838. The first kappa shape index (κ1) is 9.97. The van der Waals surface area contributed by atoms with E-state index in [1.165, 1.54) is 0 Å². The monoisotopic (exact) mass is 173 g/mol. The van der Waals surface area contributed by atoms with E-state index in [1.807, 2.05) is 13.0 Å². The molecule has 0 saturated heterocycles. The maximum atomic E-state index is 4.44. The van der Waals surface area contributed by atoms with Gasteiger partial charge >= 0.3 is 0 Å². The van der Waals surface area contributed by atoms with Gasteiger partial charge in [-0.1, -0.05) is 26.4 Å². The summed E-state index contributed by atoms with van der Waals surface area (Å²) >= 11 is 0. The maximum Gasteiger partial charge on any atom is 0.120 e. The highest BCUT2D eigenvalue weighted by molar-refractivity contribution is 6.32. The second-order valence-electron chi connectivity index (χ2n) is 2.86. The molecule has 0 bridgehead atoms. The lowest BCUT2D eigenvalue weighted by Gasteiger charge is -2.03. The predicted molar refractivity (Wildman–Crippen MR) is 56.8 cm³/mol. The number of hydrogen-bond donors (Lipinski definition) is 0. The quantitative estimate of drug-likeness (QED) is 0.650. The van der Waals surface area contributed by atoms with E-state index in [4.69, 9.17) is 0 Å². The van der Waals surface area contributed by atoms with Gasteiger partial charge in [0.15, 0.2) is 0 Å². The van der Waals surface area contributed by atoms with Gasteiger partial charge in [0.05, 0.1) is 5.69 Å². The van der Waals surface area contributed by atoms with Gasteiger partial charge in [0.1, 0.15) is 13.1 Å². The van der Waals surface area contributed by atoms with Gasteiger partial charge in [0.2, 0.25) is 0 Å². The molecule has 0 unspecified atom stereocenters. The van der Waals surface area contributed by atoms with Crippen molar-refractivity contribution in [3.05, 3.63) is 29.9 Å². The number of aryl methyl sites for hydroxylation is 1.